The Morgan fingerprint density at radius 1 is 1.20 bits per heavy atom. The second-order valence-electron chi connectivity index (χ2n) is 7.46. The summed E-state index contributed by atoms with van der Waals surface area (Å²) in [7, 11) is 0. The molecule has 1 aliphatic heterocycles. The number of amides is 1. The molecule has 4 rings (SSSR count). The Hall–Kier alpha value is -2.63. The summed E-state index contributed by atoms with van der Waals surface area (Å²) in [6, 6.07) is 7.53. The molecule has 1 aliphatic rings. The summed E-state index contributed by atoms with van der Waals surface area (Å²) in [5.74, 6) is 2.08. The summed E-state index contributed by atoms with van der Waals surface area (Å²) >= 11 is 0. The molecule has 6 nitrogen and oxygen atoms in total. The van der Waals surface area contributed by atoms with Crippen LogP contribution in [0.15, 0.2) is 33.1 Å². The molecule has 0 unspecified atom stereocenters. The summed E-state index contributed by atoms with van der Waals surface area (Å²) in [4.78, 5) is 23.4. The third-order valence-corrected chi connectivity index (χ3v) is 4.36. The zero-order valence-corrected chi connectivity index (χ0v) is 14.7. The highest BCUT2D eigenvalue weighted by atomic mass is 16.4. The number of benzene rings is 1. The summed E-state index contributed by atoms with van der Waals surface area (Å²) < 4.78 is 11.5. The van der Waals surface area contributed by atoms with Gasteiger partial charge in [0.05, 0.1) is 6.54 Å². The molecule has 3 aromatic rings. The number of oxazole rings is 2. The Labute approximate surface area is 145 Å². The highest BCUT2D eigenvalue weighted by Crippen LogP contribution is 2.27. The first-order chi connectivity index (χ1) is 11.9. The molecule has 0 N–H and O–H groups in total. The molecule has 1 amide bonds. The van der Waals surface area contributed by atoms with Crippen LogP contribution in [0.1, 0.15) is 44.0 Å². The quantitative estimate of drug-likeness (QED) is 0.717. The van der Waals surface area contributed by atoms with Crippen LogP contribution >= 0.6 is 0 Å². The lowest BCUT2D eigenvalue weighted by Crippen LogP contribution is -2.36. The standard InChI is InChI=1S/C19H21N3O3/c1-19(2,3)18-21-13-11-22(9-8-15(13)25-18)17(23)10-16-20-12-6-4-5-7-14(12)24-16/h4-7H,8-11H2,1-3H3. The topological polar surface area (TPSA) is 72.4 Å². The number of aromatic nitrogens is 2. The van der Waals surface area contributed by atoms with Gasteiger partial charge in [-0.25, -0.2) is 9.97 Å². The summed E-state index contributed by atoms with van der Waals surface area (Å²) in [5, 5.41) is 0. The van der Waals surface area contributed by atoms with Gasteiger partial charge in [-0.1, -0.05) is 32.9 Å². The largest absolute Gasteiger partial charge is 0.445 e. The van der Waals surface area contributed by atoms with Gasteiger partial charge in [-0.15, -0.1) is 0 Å². The molecule has 0 atom stereocenters. The minimum absolute atomic E-state index is 0.00230. The minimum Gasteiger partial charge on any atom is -0.445 e. The van der Waals surface area contributed by atoms with Gasteiger partial charge in [0.2, 0.25) is 11.8 Å². The Bertz CT molecular complexity index is 900. The van der Waals surface area contributed by atoms with E-state index in [2.05, 4.69) is 30.7 Å². The molecule has 0 radical (unpaired) electrons. The molecule has 3 heterocycles. The van der Waals surface area contributed by atoms with E-state index in [-0.39, 0.29) is 17.7 Å². The summed E-state index contributed by atoms with van der Waals surface area (Å²) in [6.07, 6.45) is 0.853. The predicted octanol–water partition coefficient (Wildman–Crippen LogP) is 3.24. The molecule has 0 saturated heterocycles. The lowest BCUT2D eigenvalue weighted by molar-refractivity contribution is -0.131. The molecule has 2 aromatic heterocycles. The van der Waals surface area contributed by atoms with Gasteiger partial charge in [-0.2, -0.15) is 0 Å². The van der Waals surface area contributed by atoms with Crippen LogP contribution in [0.5, 0.6) is 0 Å². The fourth-order valence-corrected chi connectivity index (χ4v) is 2.97. The van der Waals surface area contributed by atoms with E-state index < -0.39 is 0 Å². The molecule has 1 aromatic carbocycles. The van der Waals surface area contributed by atoms with Gasteiger partial charge in [0.15, 0.2) is 11.5 Å². The van der Waals surface area contributed by atoms with E-state index in [9.17, 15) is 4.79 Å². The van der Waals surface area contributed by atoms with E-state index >= 15 is 0 Å². The van der Waals surface area contributed by atoms with Crippen molar-refractivity contribution < 1.29 is 13.6 Å². The van der Waals surface area contributed by atoms with E-state index in [1.165, 1.54) is 0 Å². The van der Waals surface area contributed by atoms with Crippen molar-refractivity contribution in [1.82, 2.24) is 14.9 Å². The van der Waals surface area contributed by atoms with Crippen LogP contribution in [0, 0.1) is 0 Å². The maximum atomic E-state index is 12.6. The maximum Gasteiger partial charge on any atom is 0.232 e. The number of carbonyl (C=O) groups excluding carboxylic acids is 1. The fourth-order valence-electron chi connectivity index (χ4n) is 2.97. The molecule has 0 saturated carbocycles. The monoisotopic (exact) mass is 339 g/mol. The second-order valence-corrected chi connectivity index (χ2v) is 7.46. The Morgan fingerprint density at radius 3 is 2.76 bits per heavy atom. The number of carbonyl (C=O) groups is 1. The van der Waals surface area contributed by atoms with Gasteiger partial charge >= 0.3 is 0 Å². The Kier molecular flexibility index (Phi) is 3.63. The molecule has 0 fully saturated rings. The molecular formula is C19H21N3O3. The number of hydrogen-bond donors (Lipinski definition) is 0. The molecule has 0 bridgehead atoms. The van der Waals surface area contributed by atoms with Crippen molar-refractivity contribution in [2.75, 3.05) is 6.54 Å². The molecular weight excluding hydrogens is 318 g/mol. The zero-order chi connectivity index (χ0) is 17.6. The van der Waals surface area contributed by atoms with Crippen LogP contribution < -0.4 is 0 Å². The average molecular weight is 339 g/mol. The van der Waals surface area contributed by atoms with E-state index in [1.54, 1.807) is 4.90 Å². The van der Waals surface area contributed by atoms with Gasteiger partial charge in [0, 0.05) is 18.4 Å². The van der Waals surface area contributed by atoms with Crippen molar-refractivity contribution >= 4 is 17.0 Å². The third kappa shape index (κ3) is 3.04. The SMILES string of the molecule is CC(C)(C)c1nc2c(o1)CCN(C(=O)Cc1nc3ccccc3o1)C2. The fraction of sp³-hybridized carbons (Fsp3) is 0.421. The zero-order valence-electron chi connectivity index (χ0n) is 14.7. The van der Waals surface area contributed by atoms with Crippen molar-refractivity contribution in [2.24, 2.45) is 0 Å². The summed E-state index contributed by atoms with van der Waals surface area (Å²) in [6.45, 7) is 7.32. The van der Waals surface area contributed by atoms with Crippen LogP contribution in [0.2, 0.25) is 0 Å². The number of nitrogens with zero attached hydrogens (tertiary/aromatic N) is 3. The van der Waals surface area contributed by atoms with Crippen molar-refractivity contribution in [2.45, 2.75) is 45.6 Å². The second kappa shape index (κ2) is 5.72. The maximum absolute atomic E-state index is 12.6. The number of hydrogen-bond acceptors (Lipinski definition) is 5. The average Bonchev–Trinajstić information content (AvgIpc) is 3.16. The van der Waals surface area contributed by atoms with E-state index in [0.717, 1.165) is 22.9 Å². The Morgan fingerprint density at radius 2 is 2.00 bits per heavy atom. The van der Waals surface area contributed by atoms with Gasteiger partial charge < -0.3 is 13.7 Å². The van der Waals surface area contributed by atoms with Crippen molar-refractivity contribution in [1.29, 1.82) is 0 Å². The number of rotatable bonds is 2. The van der Waals surface area contributed by atoms with Crippen molar-refractivity contribution in [3.8, 4) is 0 Å². The van der Waals surface area contributed by atoms with Gasteiger partial charge in [-0.3, -0.25) is 4.79 Å². The van der Waals surface area contributed by atoms with Gasteiger partial charge in [0.25, 0.3) is 0 Å². The molecule has 130 valence electrons. The molecule has 0 spiro atoms. The molecule has 0 aliphatic carbocycles. The van der Waals surface area contributed by atoms with Crippen LogP contribution in [0.25, 0.3) is 11.1 Å². The third-order valence-electron chi connectivity index (χ3n) is 4.36. The highest BCUT2D eigenvalue weighted by molar-refractivity contribution is 5.79. The predicted molar refractivity (Wildman–Crippen MR) is 92.0 cm³/mol. The number of fused-ring (bicyclic) bond motifs is 2. The Balaban J connectivity index is 1.49. The first-order valence-electron chi connectivity index (χ1n) is 8.51. The lowest BCUT2D eigenvalue weighted by Gasteiger charge is -2.24. The van der Waals surface area contributed by atoms with Gasteiger partial charge in [-0.05, 0) is 12.1 Å². The smallest absolute Gasteiger partial charge is 0.232 e. The highest BCUT2D eigenvalue weighted by Gasteiger charge is 2.29. The van der Waals surface area contributed by atoms with Crippen molar-refractivity contribution in [3.63, 3.8) is 0 Å². The van der Waals surface area contributed by atoms with E-state index in [4.69, 9.17) is 8.83 Å². The van der Waals surface area contributed by atoms with E-state index in [1.807, 2.05) is 24.3 Å². The van der Waals surface area contributed by atoms with Crippen LogP contribution in [-0.4, -0.2) is 27.3 Å². The molecule has 6 heteroatoms. The minimum atomic E-state index is -0.135. The van der Waals surface area contributed by atoms with Crippen LogP contribution in [0.4, 0.5) is 0 Å². The van der Waals surface area contributed by atoms with Crippen LogP contribution in [0.3, 0.4) is 0 Å². The van der Waals surface area contributed by atoms with Gasteiger partial charge in [0.1, 0.15) is 23.4 Å². The lowest BCUT2D eigenvalue weighted by atomic mass is 9.97. The first kappa shape index (κ1) is 15.9. The van der Waals surface area contributed by atoms with E-state index in [0.29, 0.717) is 31.0 Å². The normalized spacial score (nSPS) is 14.8. The number of para-hydroxylation sites is 2. The summed E-state index contributed by atoms with van der Waals surface area (Å²) in [5.41, 5.74) is 2.21. The first-order valence-corrected chi connectivity index (χ1v) is 8.51. The van der Waals surface area contributed by atoms with Crippen LogP contribution in [-0.2, 0) is 29.6 Å². The molecule has 25 heavy (non-hydrogen) atoms. The van der Waals surface area contributed by atoms with Crippen molar-refractivity contribution in [3.05, 3.63) is 47.5 Å².